The van der Waals surface area contributed by atoms with Gasteiger partial charge in [-0.2, -0.15) is 10.2 Å². The van der Waals surface area contributed by atoms with E-state index in [2.05, 4.69) is 56.9 Å². The van der Waals surface area contributed by atoms with Gasteiger partial charge in [-0.1, -0.05) is 12.1 Å². The molecule has 0 saturated carbocycles. The van der Waals surface area contributed by atoms with Crippen molar-refractivity contribution < 1.29 is 34.4 Å². The van der Waals surface area contributed by atoms with Crippen LogP contribution in [0.4, 0.5) is 14.0 Å². The predicted octanol–water partition coefficient (Wildman–Crippen LogP) is 8.98. The lowest BCUT2D eigenvalue weighted by atomic mass is 9.86. The number of aryl methyl sites for hydroxylation is 2. The Morgan fingerprint density at radius 1 is 0.750 bits per heavy atom. The fraction of sp³-hybridized carbons (Fsp3) is 0.586. The van der Waals surface area contributed by atoms with Gasteiger partial charge < -0.3 is 29.5 Å². The SMILES string of the molecule is CC(C)(C)OC(=O)N1[C@@H]2CCC(N=C=O)[C@H]1CC2.Cn1ncc2cc(C3=NCC4=C3CN(C(=O)CC3CC[C@H]5CC[C@@H]3N5C(=O)OC(C)(C)C)CC4)ccc21.Cn1ncc2cc(C3=NCC4=C3CNCC4)ccc21.[2H]CF. The largest absolute Gasteiger partial charge is 0.444 e. The minimum absolute atomic E-state index is 0.0139. The number of isocyanates is 1. The number of carbonyl (C=O) groups excluding carboxylic acids is 4. The van der Waals surface area contributed by atoms with E-state index in [-0.39, 0.29) is 54.2 Å². The first kappa shape index (κ1) is 52.9. The maximum atomic E-state index is 13.6. The number of fused-ring (bicyclic) bond motifs is 6. The number of ether oxygens (including phenoxy) is 2. The Morgan fingerprint density at radius 3 is 1.86 bits per heavy atom. The van der Waals surface area contributed by atoms with Crippen LogP contribution in [0.2, 0.25) is 0 Å². The quantitative estimate of drug-likeness (QED) is 0.151. The molecule has 1 N–H and O–H groups in total. The Morgan fingerprint density at radius 2 is 1.28 bits per heavy atom. The summed E-state index contributed by atoms with van der Waals surface area (Å²) in [6.07, 6.45) is 15.0. The number of rotatable bonds is 5. The van der Waals surface area contributed by atoms with Gasteiger partial charge in [0.2, 0.25) is 12.0 Å². The maximum Gasteiger partial charge on any atom is 0.410 e. The molecule has 0 aliphatic carbocycles. The molecule has 0 radical (unpaired) electrons. The number of halogens is 1. The van der Waals surface area contributed by atoms with Gasteiger partial charge in [0.25, 0.3) is 0 Å². The van der Waals surface area contributed by atoms with Crippen molar-refractivity contribution in [1.29, 1.82) is 0 Å². The summed E-state index contributed by atoms with van der Waals surface area (Å²) in [5, 5.41) is 14.4. The average Bonchev–Trinajstić information content (AvgIpc) is 4.27. The zero-order valence-electron chi connectivity index (χ0n) is 46.6. The number of piperidine rings is 2. The summed E-state index contributed by atoms with van der Waals surface area (Å²) in [7, 11) is 2.92. The Bertz CT molecular complexity index is 3050. The molecule has 2 aromatic carbocycles. The first-order chi connectivity index (χ1) is 36.8. The number of aliphatic imine (C=N–C) groups is 3. The highest BCUT2D eigenvalue weighted by molar-refractivity contribution is 6.17. The minimum Gasteiger partial charge on any atom is -0.444 e. The molecule has 12 rings (SSSR count). The number of nitrogens with zero attached hydrogens (tertiary/aromatic N) is 10. The van der Waals surface area contributed by atoms with Crippen molar-refractivity contribution >= 4 is 57.4 Å². The van der Waals surface area contributed by atoms with Gasteiger partial charge in [-0.05, 0) is 165 Å². The highest BCUT2D eigenvalue weighted by atomic mass is 19.1. The molecule has 406 valence electrons. The summed E-state index contributed by atoms with van der Waals surface area (Å²) in [5.41, 5.74) is 11.3. The van der Waals surface area contributed by atoms with Crippen molar-refractivity contribution in [2.45, 2.75) is 154 Å². The molecule has 10 heterocycles. The molecule has 4 bridgehead atoms. The number of nitrogens with one attached hydrogen (secondary N) is 1. The summed E-state index contributed by atoms with van der Waals surface area (Å²) < 4.78 is 30.4. The number of hydrogen-bond donors (Lipinski definition) is 1. The molecule has 76 heavy (non-hydrogen) atoms. The third-order valence-electron chi connectivity index (χ3n) is 16.2. The van der Waals surface area contributed by atoms with Crippen LogP contribution in [0.25, 0.3) is 21.8 Å². The predicted molar refractivity (Wildman–Crippen MR) is 292 cm³/mol. The molecule has 17 nitrogen and oxygen atoms in total. The molecular formula is C58H76FN11O6. The van der Waals surface area contributed by atoms with Crippen LogP contribution in [0.3, 0.4) is 0 Å². The van der Waals surface area contributed by atoms with Crippen LogP contribution in [0.1, 0.15) is 125 Å². The lowest BCUT2D eigenvalue weighted by Gasteiger charge is -2.41. The first-order valence-corrected chi connectivity index (χ1v) is 27.1. The summed E-state index contributed by atoms with van der Waals surface area (Å²) in [6, 6.07) is 13.4. The van der Waals surface area contributed by atoms with Crippen molar-refractivity contribution in [1.82, 2.24) is 39.6 Å². The topological polar surface area (TPSA) is 181 Å². The Balaban J connectivity index is 0.000000151. The van der Waals surface area contributed by atoms with E-state index in [0.29, 0.717) is 13.0 Å². The van der Waals surface area contributed by atoms with Gasteiger partial charge in [0.1, 0.15) is 11.2 Å². The van der Waals surface area contributed by atoms with Gasteiger partial charge in [0.05, 0.1) is 68.5 Å². The van der Waals surface area contributed by atoms with Crippen LogP contribution in [0, 0.1) is 5.92 Å². The van der Waals surface area contributed by atoms with E-state index < -0.39 is 18.4 Å². The summed E-state index contributed by atoms with van der Waals surface area (Å²) in [4.78, 5) is 68.4. The Labute approximate surface area is 447 Å². The van der Waals surface area contributed by atoms with Gasteiger partial charge in [0, 0.05) is 80.2 Å². The van der Waals surface area contributed by atoms with Crippen LogP contribution in [0.15, 0.2) is 86.1 Å². The summed E-state index contributed by atoms with van der Waals surface area (Å²) >= 11 is 0. The smallest absolute Gasteiger partial charge is 0.410 e. The highest BCUT2D eigenvalue weighted by Gasteiger charge is 2.48. The van der Waals surface area contributed by atoms with E-state index in [9.17, 15) is 23.6 Å². The van der Waals surface area contributed by atoms with E-state index in [4.69, 9.17) is 20.8 Å². The fourth-order valence-corrected chi connectivity index (χ4v) is 12.7. The van der Waals surface area contributed by atoms with Crippen LogP contribution in [0.5, 0.6) is 0 Å². The molecule has 3 amide bonds. The molecule has 6 atom stereocenters. The Hall–Kier alpha value is -6.52. The number of aromatic nitrogens is 4. The molecule has 2 unspecified atom stereocenters. The third-order valence-corrected chi connectivity index (χ3v) is 16.2. The molecule has 2 aromatic heterocycles. The lowest BCUT2D eigenvalue weighted by molar-refractivity contribution is -0.133. The number of benzene rings is 2. The monoisotopic (exact) mass is 1040 g/mol. The van der Waals surface area contributed by atoms with E-state index in [1.54, 1.807) is 11.0 Å². The van der Waals surface area contributed by atoms with Crippen molar-refractivity contribution in [2.24, 2.45) is 35.0 Å². The van der Waals surface area contributed by atoms with Crippen LogP contribution >= 0.6 is 0 Å². The zero-order chi connectivity index (χ0) is 54.8. The highest BCUT2D eigenvalue weighted by Crippen LogP contribution is 2.42. The molecule has 8 aliphatic rings. The second-order valence-corrected chi connectivity index (χ2v) is 23.3. The van der Waals surface area contributed by atoms with E-state index >= 15 is 0 Å². The molecular weight excluding hydrogens is 966 g/mol. The minimum atomic E-state index is -1.00. The summed E-state index contributed by atoms with van der Waals surface area (Å²) in [6.45, 7) is 16.3. The lowest BCUT2D eigenvalue weighted by Crippen LogP contribution is -2.51. The van der Waals surface area contributed by atoms with Crippen molar-refractivity contribution in [3.63, 3.8) is 0 Å². The fourth-order valence-electron chi connectivity index (χ4n) is 12.7. The van der Waals surface area contributed by atoms with Crippen molar-refractivity contribution in [3.8, 4) is 0 Å². The number of carbonyl (C=O) groups is 3. The maximum absolute atomic E-state index is 13.6. The van der Waals surface area contributed by atoms with Gasteiger partial charge in [0.15, 0.2) is 0 Å². The third kappa shape index (κ3) is 11.6. The molecule has 18 heteroatoms. The number of alkyl halides is 1. The van der Waals surface area contributed by atoms with Gasteiger partial charge in [-0.3, -0.25) is 28.5 Å². The van der Waals surface area contributed by atoms with E-state index in [1.807, 2.05) is 87.2 Å². The second-order valence-electron chi connectivity index (χ2n) is 23.3. The number of hydrogen-bond acceptors (Lipinski definition) is 12. The van der Waals surface area contributed by atoms with Crippen molar-refractivity contribution in [2.75, 3.05) is 46.4 Å². The molecule has 4 aromatic rings. The van der Waals surface area contributed by atoms with Gasteiger partial charge >= 0.3 is 12.2 Å². The van der Waals surface area contributed by atoms with Gasteiger partial charge in [-0.15, -0.1) is 0 Å². The average molecular weight is 1040 g/mol. The first-order valence-electron chi connectivity index (χ1n) is 27.8. The zero-order valence-corrected chi connectivity index (χ0v) is 45.6. The normalized spacial score (nSPS) is 24.7. The molecule has 8 aliphatic heterocycles. The van der Waals surface area contributed by atoms with Gasteiger partial charge in [-0.25, -0.2) is 19.4 Å². The number of amides is 3. The van der Waals surface area contributed by atoms with Crippen LogP contribution < -0.4 is 5.32 Å². The molecule has 4 saturated heterocycles. The Kier molecular flexibility index (Phi) is 15.7. The molecule has 0 spiro atoms. The second kappa shape index (κ2) is 22.6. The molecule has 4 fully saturated rings. The van der Waals surface area contributed by atoms with Crippen LogP contribution in [-0.2, 0) is 33.2 Å². The summed E-state index contributed by atoms with van der Waals surface area (Å²) in [5.74, 6) is 0.388. The van der Waals surface area contributed by atoms with E-state index in [1.165, 1.54) is 44.5 Å². The van der Waals surface area contributed by atoms with Crippen molar-refractivity contribution in [3.05, 3.63) is 82.2 Å². The standard InChI is InChI=1S/C29H37N5O3.C15H16N4.C13H20N2O3.CH3F/c1-29(2,3)37-28(36)34-22-7-5-18(25(34)10-8-22)14-26(35)33-12-11-20-15-30-27(23(20)17-33)19-6-9-24-21(13-19)16-31-32(24)4;1-19-14-3-2-10(6-12(14)8-18-19)15-13-9-16-5-4-11(13)7-17-15;1-13(2,3)18-12(17)15-9-4-6-10(14-8-16)11(15)7-5-9;1-2/h6,9,13,16,18,22,25H,5,7-8,10-12,14-15,17H2,1-4H3;2-3,6,8,16H,4-5,7,9H2,1H3;9-11H,4-7H2,1-3H3;1H3/t18?,22-,25-;;9-,10?,11-;/m0.1./s1/i;;;1D. The van der Waals surface area contributed by atoms with Crippen LogP contribution in [-0.4, -0.2) is 158 Å². The van der Waals surface area contributed by atoms with E-state index in [0.717, 1.165) is 119 Å².